The highest BCUT2D eigenvalue weighted by atomic mass is 16.3. The minimum atomic E-state index is -0.346. The maximum Gasteiger partial charge on any atom is 0.135 e. The number of fused-ring (bicyclic) bond motifs is 12. The molecule has 0 saturated carbocycles. The van der Waals surface area contributed by atoms with E-state index in [-0.39, 0.29) is 10.8 Å². The maximum atomic E-state index is 6.42. The molecule has 1 nitrogen and oxygen atoms in total. The molecule has 8 aromatic carbocycles. The Labute approximate surface area is 334 Å². The van der Waals surface area contributed by atoms with Crippen LogP contribution in [-0.2, 0) is 23.7 Å². The van der Waals surface area contributed by atoms with Gasteiger partial charge in [0, 0.05) is 16.2 Å². The summed E-state index contributed by atoms with van der Waals surface area (Å²) in [4.78, 5) is 0. The summed E-state index contributed by atoms with van der Waals surface area (Å²) in [6, 6.07) is 66.3. The van der Waals surface area contributed by atoms with Crippen molar-refractivity contribution in [2.75, 3.05) is 0 Å². The van der Waals surface area contributed by atoms with Gasteiger partial charge in [0.1, 0.15) is 11.2 Å². The number of benzene rings is 8. The van der Waals surface area contributed by atoms with E-state index >= 15 is 0 Å². The molecule has 1 heterocycles. The van der Waals surface area contributed by atoms with Crippen LogP contribution in [0.4, 0.5) is 0 Å². The molecule has 0 bridgehead atoms. The van der Waals surface area contributed by atoms with Crippen LogP contribution in [0.15, 0.2) is 180 Å². The summed E-state index contributed by atoms with van der Waals surface area (Å²) < 4.78 is 6.42. The van der Waals surface area contributed by atoms with Gasteiger partial charge < -0.3 is 4.42 Å². The molecule has 1 unspecified atom stereocenters. The van der Waals surface area contributed by atoms with E-state index in [2.05, 4.69) is 190 Å². The molecule has 0 saturated heterocycles. The zero-order valence-electron chi connectivity index (χ0n) is 32.4. The molecule has 3 aliphatic rings. The summed E-state index contributed by atoms with van der Waals surface area (Å²) in [5, 5.41) is 2.36. The summed E-state index contributed by atoms with van der Waals surface area (Å²) in [5.41, 5.74) is 22.4. The monoisotopic (exact) mass is 730 g/mol. The van der Waals surface area contributed by atoms with Gasteiger partial charge in [-0.05, 0) is 121 Å². The van der Waals surface area contributed by atoms with Gasteiger partial charge in [-0.3, -0.25) is 0 Å². The summed E-state index contributed by atoms with van der Waals surface area (Å²) in [7, 11) is 0. The second-order valence-corrected chi connectivity index (χ2v) is 17.1. The van der Waals surface area contributed by atoms with E-state index in [9.17, 15) is 0 Å². The average Bonchev–Trinajstić information content (AvgIpc) is 3.95. The van der Waals surface area contributed by atoms with E-state index in [1.165, 1.54) is 94.2 Å². The van der Waals surface area contributed by atoms with Crippen molar-refractivity contribution < 1.29 is 4.42 Å². The van der Waals surface area contributed by atoms with Crippen LogP contribution in [0.25, 0.3) is 55.3 Å². The first kappa shape index (κ1) is 32.8. The number of aryl methyl sites for hydroxylation is 1. The van der Waals surface area contributed by atoms with Crippen molar-refractivity contribution in [1.29, 1.82) is 0 Å². The van der Waals surface area contributed by atoms with Crippen LogP contribution in [0, 0.1) is 0 Å². The van der Waals surface area contributed by atoms with E-state index in [0.717, 1.165) is 30.4 Å². The number of rotatable bonds is 7. The van der Waals surface area contributed by atoms with E-state index < -0.39 is 0 Å². The lowest BCUT2D eigenvalue weighted by atomic mass is 9.68. The second-order valence-electron chi connectivity index (χ2n) is 17.1. The lowest BCUT2D eigenvalue weighted by Gasteiger charge is -2.33. The fraction of sp³-hybridized carbons (Fsp3) is 0.143. The molecule has 1 heteroatoms. The smallest absolute Gasteiger partial charge is 0.135 e. The summed E-state index contributed by atoms with van der Waals surface area (Å²) in [6.07, 6.45) is 2.93. The molecule has 0 aliphatic heterocycles. The topological polar surface area (TPSA) is 13.1 Å². The lowest BCUT2D eigenvalue weighted by molar-refractivity contribution is 0.608. The fourth-order valence-corrected chi connectivity index (χ4v) is 11.3. The molecule has 1 aromatic heterocycles. The summed E-state index contributed by atoms with van der Waals surface area (Å²) >= 11 is 0. The highest BCUT2D eigenvalue weighted by Crippen LogP contribution is 2.64. The third kappa shape index (κ3) is 4.52. The van der Waals surface area contributed by atoms with Gasteiger partial charge >= 0.3 is 0 Å². The third-order valence-corrected chi connectivity index (χ3v) is 13.9. The Bertz CT molecular complexity index is 3030. The fourth-order valence-electron chi connectivity index (χ4n) is 11.3. The van der Waals surface area contributed by atoms with Crippen molar-refractivity contribution in [3.05, 3.63) is 226 Å². The first-order chi connectivity index (χ1) is 28.0. The van der Waals surface area contributed by atoms with Gasteiger partial charge in [0.15, 0.2) is 0 Å². The van der Waals surface area contributed by atoms with Crippen LogP contribution in [-0.4, -0.2) is 0 Å². The Morgan fingerprint density at radius 1 is 0.456 bits per heavy atom. The first-order valence-electron chi connectivity index (χ1n) is 20.6. The first-order valence-corrected chi connectivity index (χ1v) is 20.6. The molecule has 272 valence electrons. The van der Waals surface area contributed by atoms with Crippen molar-refractivity contribution in [3.63, 3.8) is 0 Å². The molecule has 0 amide bonds. The van der Waals surface area contributed by atoms with E-state index in [1.807, 2.05) is 0 Å². The maximum absolute atomic E-state index is 6.42. The number of hydrogen-bond acceptors (Lipinski definition) is 1. The molecular formula is C56H42O. The number of furan rings is 1. The molecule has 3 aliphatic carbocycles. The van der Waals surface area contributed by atoms with Gasteiger partial charge in [0.25, 0.3) is 0 Å². The van der Waals surface area contributed by atoms with Gasteiger partial charge in [-0.25, -0.2) is 0 Å². The van der Waals surface area contributed by atoms with Crippen LogP contribution in [0.1, 0.15) is 76.3 Å². The van der Waals surface area contributed by atoms with Crippen molar-refractivity contribution in [3.8, 4) is 33.4 Å². The number of para-hydroxylation sites is 1. The number of hydrogen-bond donors (Lipinski definition) is 0. The molecule has 9 aromatic rings. The predicted molar refractivity (Wildman–Crippen MR) is 235 cm³/mol. The zero-order valence-corrected chi connectivity index (χ0v) is 32.4. The van der Waals surface area contributed by atoms with Crippen molar-refractivity contribution >= 4 is 21.9 Å². The van der Waals surface area contributed by atoms with Gasteiger partial charge in [0.2, 0.25) is 0 Å². The quantitative estimate of drug-likeness (QED) is 0.159. The van der Waals surface area contributed by atoms with E-state index in [4.69, 9.17) is 4.42 Å². The SMILES string of the molecule is CC1(C)c2ccccc2-c2ccc(C(CCc3ccccc3C34c5ccccc5-c5cccc(c53)-c3ccccc34)Cc3ccc4c(c3)oc3ccccc34)cc21. The molecule has 0 N–H and O–H groups in total. The van der Waals surface area contributed by atoms with Crippen LogP contribution in [0.3, 0.4) is 0 Å². The molecule has 1 atom stereocenters. The molecule has 0 spiro atoms. The lowest BCUT2D eigenvalue weighted by Crippen LogP contribution is -2.27. The Balaban J connectivity index is 0.986. The minimum absolute atomic E-state index is 0.0533. The largest absolute Gasteiger partial charge is 0.456 e. The highest BCUT2D eigenvalue weighted by Gasteiger charge is 2.52. The minimum Gasteiger partial charge on any atom is -0.456 e. The molecule has 0 fully saturated rings. The highest BCUT2D eigenvalue weighted by molar-refractivity contribution is 6.05. The molecule has 0 radical (unpaired) electrons. The summed E-state index contributed by atoms with van der Waals surface area (Å²) in [6.45, 7) is 4.79. The van der Waals surface area contributed by atoms with Crippen molar-refractivity contribution in [1.82, 2.24) is 0 Å². The van der Waals surface area contributed by atoms with E-state index in [1.54, 1.807) is 0 Å². The Morgan fingerprint density at radius 3 is 1.79 bits per heavy atom. The molecule has 57 heavy (non-hydrogen) atoms. The third-order valence-electron chi connectivity index (χ3n) is 13.9. The van der Waals surface area contributed by atoms with Crippen LogP contribution in [0.5, 0.6) is 0 Å². The van der Waals surface area contributed by atoms with Gasteiger partial charge in [-0.15, -0.1) is 0 Å². The van der Waals surface area contributed by atoms with Crippen molar-refractivity contribution in [2.24, 2.45) is 0 Å². The molecular weight excluding hydrogens is 689 g/mol. The standard InChI is InChI=1S/C56H42O/c1-55(2)48-22-9-4-15-39(48)42-31-29-38(34-51(42)55)37(32-35-26-30-44-43-18-7-12-25-52(43)57-53(44)33-35)28-27-36-14-3-8-21-47(36)56-49-23-10-5-16-40(49)45-19-13-20-46(54(45)56)41-17-6-11-24-50(41)56/h3-26,29-31,33-34,37H,27-28,32H2,1-2H3. The van der Waals surface area contributed by atoms with Gasteiger partial charge in [-0.1, -0.05) is 178 Å². The Kier molecular flexibility index (Phi) is 6.92. The van der Waals surface area contributed by atoms with Gasteiger partial charge in [0.05, 0.1) is 5.41 Å². The van der Waals surface area contributed by atoms with E-state index in [0.29, 0.717) is 5.92 Å². The molecule has 12 rings (SSSR count). The Morgan fingerprint density at radius 2 is 1.04 bits per heavy atom. The van der Waals surface area contributed by atoms with Crippen molar-refractivity contribution in [2.45, 2.75) is 49.9 Å². The van der Waals surface area contributed by atoms with Gasteiger partial charge in [-0.2, -0.15) is 0 Å². The normalized spacial score (nSPS) is 15.3. The Hall–Kier alpha value is -6.44. The van der Waals surface area contributed by atoms with Crippen LogP contribution in [0.2, 0.25) is 0 Å². The van der Waals surface area contributed by atoms with Crippen LogP contribution < -0.4 is 0 Å². The van der Waals surface area contributed by atoms with Crippen LogP contribution >= 0.6 is 0 Å². The predicted octanol–water partition coefficient (Wildman–Crippen LogP) is 14.2. The second kappa shape index (κ2) is 12.0. The zero-order chi connectivity index (χ0) is 37.9. The summed E-state index contributed by atoms with van der Waals surface area (Å²) in [5.74, 6) is 0.303. The average molecular weight is 731 g/mol.